The maximum Gasteiger partial charge on any atom is 0.322 e. The van der Waals surface area contributed by atoms with Crippen molar-refractivity contribution in [3.8, 4) is 6.07 Å². The molecular formula is C15H14N+. The third-order valence-corrected chi connectivity index (χ3v) is 2.49. The summed E-state index contributed by atoms with van der Waals surface area (Å²) >= 11 is 0. The highest BCUT2D eigenvalue weighted by atomic mass is 14.7. The van der Waals surface area contributed by atoms with Crippen LogP contribution in [0.3, 0.4) is 0 Å². The average Bonchev–Trinajstić information content (AvgIpc) is 2.38. The Balaban J connectivity index is 2.42. The van der Waals surface area contributed by atoms with Crippen molar-refractivity contribution in [1.29, 1.82) is 0 Å². The van der Waals surface area contributed by atoms with Crippen LogP contribution in [0.4, 0.5) is 0 Å². The van der Waals surface area contributed by atoms with E-state index in [1.165, 1.54) is 11.1 Å². The van der Waals surface area contributed by atoms with Gasteiger partial charge in [-0.05, 0) is 0 Å². The molecule has 0 atom stereocenters. The van der Waals surface area contributed by atoms with Gasteiger partial charge >= 0.3 is 6.04 Å². The van der Waals surface area contributed by atoms with E-state index >= 15 is 0 Å². The lowest BCUT2D eigenvalue weighted by atomic mass is 10.00. The van der Waals surface area contributed by atoms with Crippen LogP contribution in [0.2, 0.25) is 0 Å². The van der Waals surface area contributed by atoms with Gasteiger partial charge in [-0.3, -0.25) is 0 Å². The van der Waals surface area contributed by atoms with Crippen molar-refractivity contribution in [2.24, 2.45) is 0 Å². The largest absolute Gasteiger partial charge is 0.322 e. The van der Waals surface area contributed by atoms with Crippen LogP contribution in [0.5, 0.6) is 0 Å². The first kappa shape index (κ1) is 10.4. The van der Waals surface area contributed by atoms with Crippen LogP contribution in [0, 0.1) is 6.07 Å². The van der Waals surface area contributed by atoms with E-state index < -0.39 is 0 Å². The molecule has 0 aliphatic carbocycles. The van der Waals surface area contributed by atoms with Crippen LogP contribution in [0.25, 0.3) is 4.85 Å². The summed E-state index contributed by atoms with van der Waals surface area (Å²) in [5, 5.41) is 0. The van der Waals surface area contributed by atoms with Crippen molar-refractivity contribution in [3.05, 3.63) is 76.6 Å². The van der Waals surface area contributed by atoms with E-state index in [1.54, 1.807) is 0 Å². The fourth-order valence-corrected chi connectivity index (χ4v) is 1.74. The molecule has 1 heteroatoms. The molecule has 2 rings (SSSR count). The smallest absolute Gasteiger partial charge is 0.0702 e. The lowest BCUT2D eigenvalue weighted by Gasteiger charge is -2.01. The molecule has 2 aromatic rings. The monoisotopic (exact) mass is 208 g/mol. The molecule has 0 fully saturated rings. The van der Waals surface area contributed by atoms with E-state index in [9.17, 15) is 0 Å². The molecule has 0 spiro atoms. The van der Waals surface area contributed by atoms with Crippen LogP contribution in [-0.2, 0) is 0 Å². The maximum absolute atomic E-state index is 4.41. The van der Waals surface area contributed by atoms with Crippen LogP contribution >= 0.6 is 0 Å². The molecule has 0 heterocycles. The number of nitrogens with zero attached hydrogens (tertiary/aromatic N) is 1. The number of rotatable bonds is 2. The van der Waals surface area contributed by atoms with Gasteiger partial charge in [0, 0.05) is 11.1 Å². The molecule has 0 saturated carbocycles. The number of benzene rings is 2. The van der Waals surface area contributed by atoms with Crippen molar-refractivity contribution in [2.45, 2.75) is 13.0 Å². The Morgan fingerprint density at radius 2 is 1.25 bits per heavy atom. The fraction of sp³-hybridized carbons (Fsp3) is 0.133. The van der Waals surface area contributed by atoms with Gasteiger partial charge < -0.3 is 0 Å². The van der Waals surface area contributed by atoms with Crippen molar-refractivity contribution >= 4 is 0 Å². The molecule has 78 valence electrons. The standard InChI is InChI=1S/C15H14N/c1-2-16-15(13-9-5-3-6-10-13)14-11-7-4-8-12-14/h3-12,15H,1H3/q+1. The first-order chi connectivity index (χ1) is 7.92. The van der Waals surface area contributed by atoms with E-state index in [-0.39, 0.29) is 6.04 Å². The summed E-state index contributed by atoms with van der Waals surface area (Å²) in [6.07, 6.45) is 0. The number of hydrogen-bond acceptors (Lipinski definition) is 0. The Labute approximate surface area is 96.2 Å². The second-order valence-corrected chi connectivity index (χ2v) is 3.58. The zero-order chi connectivity index (χ0) is 11.2. The van der Waals surface area contributed by atoms with E-state index in [0.29, 0.717) is 0 Å². The second-order valence-electron chi connectivity index (χ2n) is 3.58. The Kier molecular flexibility index (Phi) is 3.35. The van der Waals surface area contributed by atoms with Gasteiger partial charge in [-0.15, -0.1) is 0 Å². The molecule has 0 radical (unpaired) electrons. The fourth-order valence-electron chi connectivity index (χ4n) is 1.74. The summed E-state index contributed by atoms with van der Waals surface area (Å²) in [7, 11) is 0. The summed E-state index contributed by atoms with van der Waals surface area (Å²) in [6, 6.07) is 23.5. The third-order valence-electron chi connectivity index (χ3n) is 2.49. The molecule has 1 nitrogen and oxygen atoms in total. The highest BCUT2D eigenvalue weighted by Gasteiger charge is 2.21. The molecule has 0 unspecified atom stereocenters. The second kappa shape index (κ2) is 5.14. The number of hydrogen-bond donors (Lipinski definition) is 0. The Morgan fingerprint density at radius 1 is 0.812 bits per heavy atom. The molecule has 0 aromatic heterocycles. The van der Waals surface area contributed by atoms with Crippen molar-refractivity contribution in [2.75, 3.05) is 0 Å². The van der Waals surface area contributed by atoms with Gasteiger partial charge in [-0.2, -0.15) is 0 Å². The molecule has 0 aliphatic heterocycles. The van der Waals surface area contributed by atoms with E-state index in [2.05, 4.69) is 35.2 Å². The molecule has 16 heavy (non-hydrogen) atoms. The summed E-state index contributed by atoms with van der Waals surface area (Å²) in [5.74, 6) is 0. The lowest BCUT2D eigenvalue weighted by molar-refractivity contribution is 1.02. The molecular weight excluding hydrogens is 194 g/mol. The molecule has 0 aliphatic rings. The SMILES string of the molecule is CC#[N+]C(c1ccccc1)c1ccccc1. The minimum atomic E-state index is 0.0624. The lowest BCUT2D eigenvalue weighted by Crippen LogP contribution is -1.95. The topological polar surface area (TPSA) is 4.36 Å². The quantitative estimate of drug-likeness (QED) is 0.699. The van der Waals surface area contributed by atoms with E-state index in [1.807, 2.05) is 43.3 Å². The third kappa shape index (κ3) is 2.29. The average molecular weight is 208 g/mol. The Bertz CT molecular complexity index is 452. The molecule has 0 bridgehead atoms. The van der Waals surface area contributed by atoms with Crippen LogP contribution in [0.1, 0.15) is 24.1 Å². The molecule has 0 saturated heterocycles. The van der Waals surface area contributed by atoms with Crippen molar-refractivity contribution < 1.29 is 0 Å². The van der Waals surface area contributed by atoms with Gasteiger partial charge in [-0.25, -0.2) is 0 Å². The van der Waals surface area contributed by atoms with Gasteiger partial charge in [0.25, 0.3) is 6.07 Å². The van der Waals surface area contributed by atoms with Crippen LogP contribution in [-0.4, -0.2) is 0 Å². The minimum Gasteiger partial charge on any atom is -0.0702 e. The predicted octanol–water partition coefficient (Wildman–Crippen LogP) is 4.13. The maximum atomic E-state index is 4.41. The summed E-state index contributed by atoms with van der Waals surface area (Å²) < 4.78 is 0. The van der Waals surface area contributed by atoms with Gasteiger partial charge in [0.1, 0.15) is 0 Å². The zero-order valence-corrected chi connectivity index (χ0v) is 9.30. The Hall–Kier alpha value is -2.07. The van der Waals surface area contributed by atoms with Crippen LogP contribution < -0.4 is 0 Å². The van der Waals surface area contributed by atoms with Gasteiger partial charge in [0.2, 0.25) is 0 Å². The summed E-state index contributed by atoms with van der Waals surface area (Å²) in [5.41, 5.74) is 2.39. The highest BCUT2D eigenvalue weighted by molar-refractivity contribution is 5.35. The summed E-state index contributed by atoms with van der Waals surface area (Å²) in [4.78, 5) is 4.41. The van der Waals surface area contributed by atoms with Gasteiger partial charge in [0.05, 0.1) is 6.92 Å². The summed E-state index contributed by atoms with van der Waals surface area (Å²) in [6.45, 7) is 1.83. The molecule has 0 N–H and O–H groups in total. The molecule has 0 amide bonds. The first-order valence-corrected chi connectivity index (χ1v) is 5.38. The minimum absolute atomic E-state index is 0.0624. The normalized spacial score (nSPS) is 9.62. The van der Waals surface area contributed by atoms with Crippen molar-refractivity contribution in [3.63, 3.8) is 0 Å². The van der Waals surface area contributed by atoms with E-state index in [0.717, 1.165) is 0 Å². The highest BCUT2D eigenvalue weighted by Crippen LogP contribution is 2.25. The van der Waals surface area contributed by atoms with Crippen molar-refractivity contribution in [1.82, 2.24) is 0 Å². The Morgan fingerprint density at radius 3 is 1.62 bits per heavy atom. The van der Waals surface area contributed by atoms with E-state index in [4.69, 9.17) is 0 Å². The predicted molar refractivity (Wildman–Crippen MR) is 67.6 cm³/mol. The molecule has 2 aromatic carbocycles. The van der Waals surface area contributed by atoms with Gasteiger partial charge in [-0.1, -0.05) is 65.5 Å². The first-order valence-electron chi connectivity index (χ1n) is 5.38. The van der Waals surface area contributed by atoms with Crippen LogP contribution in [0.15, 0.2) is 60.7 Å². The zero-order valence-electron chi connectivity index (χ0n) is 9.30. The van der Waals surface area contributed by atoms with Gasteiger partial charge in [0.15, 0.2) is 0 Å².